The minimum Gasteiger partial charge on any atom is -0.126 e. The van der Waals surface area contributed by atoms with E-state index < -0.39 is 8.07 Å². The van der Waals surface area contributed by atoms with Crippen LogP contribution in [0.5, 0.6) is 0 Å². The van der Waals surface area contributed by atoms with Crippen LogP contribution in [-0.4, -0.2) is 8.07 Å². The normalized spacial score (nSPS) is 24.2. The van der Waals surface area contributed by atoms with Gasteiger partial charge in [0, 0.05) is 5.92 Å². The molecule has 2 unspecified atom stereocenters. The first kappa shape index (κ1) is 13.4. The summed E-state index contributed by atoms with van der Waals surface area (Å²) in [7, 11) is -1.55. The van der Waals surface area contributed by atoms with Crippen LogP contribution < -0.4 is 5.19 Å². The van der Waals surface area contributed by atoms with E-state index in [0.717, 1.165) is 5.92 Å². The van der Waals surface area contributed by atoms with Crippen molar-refractivity contribution in [2.75, 3.05) is 0 Å². The summed E-state index contributed by atoms with van der Waals surface area (Å²) in [6, 6.07) is 10.8. The molecule has 2 rings (SSSR count). The number of hydrogen-bond acceptors (Lipinski definition) is 0. The molecule has 1 aromatic rings. The van der Waals surface area contributed by atoms with E-state index in [-0.39, 0.29) is 0 Å². The molecule has 1 saturated carbocycles. The van der Waals surface area contributed by atoms with E-state index in [9.17, 15) is 0 Å². The topological polar surface area (TPSA) is 0 Å². The third kappa shape index (κ3) is 3.49. The standard InChI is InChI=1S/C17H24Si/c1-15-8-7-9-16(14-15)12-13-18(2,3)17-10-5-4-6-11-17/h4-6,10-11,15-16H,7-9,14H2,1-3H3. The molecule has 0 nitrogen and oxygen atoms in total. The van der Waals surface area contributed by atoms with Gasteiger partial charge in [0.15, 0.2) is 8.07 Å². The lowest BCUT2D eigenvalue weighted by Gasteiger charge is -2.23. The minimum absolute atomic E-state index is 0.657. The summed E-state index contributed by atoms with van der Waals surface area (Å²) in [6.07, 6.45) is 5.40. The summed E-state index contributed by atoms with van der Waals surface area (Å²) in [5.74, 6) is 5.13. The predicted molar refractivity (Wildman–Crippen MR) is 82.5 cm³/mol. The molecule has 0 bridgehead atoms. The molecule has 2 atom stereocenters. The van der Waals surface area contributed by atoms with E-state index in [1.54, 1.807) is 0 Å². The molecule has 0 aromatic heterocycles. The molecule has 96 valence electrons. The van der Waals surface area contributed by atoms with Gasteiger partial charge in [-0.3, -0.25) is 0 Å². The van der Waals surface area contributed by atoms with Crippen molar-refractivity contribution in [1.82, 2.24) is 0 Å². The summed E-state index contributed by atoms with van der Waals surface area (Å²) in [5, 5.41) is 1.46. The SMILES string of the molecule is CC1CCCC(C#C[Si](C)(C)c2ccccc2)C1. The molecular weight excluding hydrogens is 232 g/mol. The van der Waals surface area contributed by atoms with E-state index in [0.29, 0.717) is 5.92 Å². The molecule has 1 heteroatoms. The molecule has 1 fully saturated rings. The van der Waals surface area contributed by atoms with E-state index in [2.05, 4.69) is 61.8 Å². The average molecular weight is 256 g/mol. The second kappa shape index (κ2) is 5.76. The largest absolute Gasteiger partial charge is 0.162 e. The van der Waals surface area contributed by atoms with Crippen molar-refractivity contribution < 1.29 is 0 Å². The minimum atomic E-state index is -1.55. The predicted octanol–water partition coefficient (Wildman–Crippen LogP) is 3.97. The van der Waals surface area contributed by atoms with Crippen molar-refractivity contribution in [3.63, 3.8) is 0 Å². The zero-order valence-electron chi connectivity index (χ0n) is 11.9. The van der Waals surface area contributed by atoms with Gasteiger partial charge in [-0.15, -0.1) is 11.5 Å². The highest BCUT2D eigenvalue weighted by atomic mass is 28.3. The van der Waals surface area contributed by atoms with Crippen LogP contribution in [0.15, 0.2) is 30.3 Å². The molecule has 1 aliphatic rings. The summed E-state index contributed by atoms with van der Waals surface area (Å²) in [5.41, 5.74) is 3.65. The van der Waals surface area contributed by atoms with Gasteiger partial charge in [-0.25, -0.2) is 0 Å². The lowest BCUT2D eigenvalue weighted by molar-refractivity contribution is 0.333. The first-order valence-corrected chi connectivity index (χ1v) is 10.2. The second-order valence-electron chi connectivity index (χ2n) is 6.23. The fourth-order valence-electron chi connectivity index (χ4n) is 2.77. The van der Waals surface area contributed by atoms with Gasteiger partial charge >= 0.3 is 0 Å². The van der Waals surface area contributed by atoms with Gasteiger partial charge in [-0.1, -0.05) is 63.2 Å². The molecule has 1 aliphatic carbocycles. The smallest absolute Gasteiger partial charge is 0.126 e. The highest BCUT2D eigenvalue weighted by molar-refractivity contribution is 6.96. The summed E-state index contributed by atoms with van der Waals surface area (Å²) >= 11 is 0. The Morgan fingerprint density at radius 3 is 2.50 bits per heavy atom. The lowest BCUT2D eigenvalue weighted by atomic mass is 9.83. The average Bonchev–Trinajstić information content (AvgIpc) is 2.38. The van der Waals surface area contributed by atoms with Crippen molar-refractivity contribution in [3.05, 3.63) is 30.3 Å². The summed E-state index contributed by atoms with van der Waals surface area (Å²) in [6.45, 7) is 7.09. The van der Waals surface area contributed by atoms with Crippen molar-refractivity contribution in [2.45, 2.75) is 45.7 Å². The van der Waals surface area contributed by atoms with Crippen LogP contribution in [0.2, 0.25) is 13.1 Å². The Morgan fingerprint density at radius 1 is 1.11 bits per heavy atom. The van der Waals surface area contributed by atoms with Gasteiger partial charge in [-0.05, 0) is 23.9 Å². The van der Waals surface area contributed by atoms with Gasteiger partial charge in [0.2, 0.25) is 0 Å². The van der Waals surface area contributed by atoms with Crippen molar-refractivity contribution in [2.24, 2.45) is 11.8 Å². The third-order valence-corrected chi connectivity index (χ3v) is 6.57. The number of benzene rings is 1. The maximum absolute atomic E-state index is 3.65. The zero-order valence-corrected chi connectivity index (χ0v) is 12.9. The fourth-order valence-corrected chi connectivity index (χ4v) is 4.51. The Kier molecular flexibility index (Phi) is 4.30. The Bertz CT molecular complexity index is 436. The highest BCUT2D eigenvalue weighted by Gasteiger charge is 2.22. The Hall–Kier alpha value is -1.00. The van der Waals surface area contributed by atoms with Crippen LogP contribution >= 0.6 is 0 Å². The molecule has 1 aromatic carbocycles. The zero-order chi connectivity index (χ0) is 13.0. The van der Waals surface area contributed by atoms with Gasteiger partial charge in [0.05, 0.1) is 0 Å². The molecule has 0 saturated heterocycles. The molecule has 0 heterocycles. The lowest BCUT2D eigenvalue weighted by Crippen LogP contribution is -2.40. The maximum atomic E-state index is 3.65. The van der Waals surface area contributed by atoms with Crippen LogP contribution in [-0.2, 0) is 0 Å². The van der Waals surface area contributed by atoms with Crippen LogP contribution in [0.25, 0.3) is 0 Å². The highest BCUT2D eigenvalue weighted by Crippen LogP contribution is 2.27. The third-order valence-electron chi connectivity index (χ3n) is 4.02. The Balaban J connectivity index is 2.08. The maximum Gasteiger partial charge on any atom is 0.162 e. The van der Waals surface area contributed by atoms with Crippen LogP contribution in [0.3, 0.4) is 0 Å². The van der Waals surface area contributed by atoms with E-state index in [1.807, 2.05) is 0 Å². The molecule has 0 spiro atoms. The van der Waals surface area contributed by atoms with Gasteiger partial charge in [-0.2, -0.15) is 0 Å². The summed E-state index contributed by atoms with van der Waals surface area (Å²) in [4.78, 5) is 0. The molecule has 0 N–H and O–H groups in total. The van der Waals surface area contributed by atoms with E-state index >= 15 is 0 Å². The second-order valence-corrected chi connectivity index (χ2v) is 10.3. The van der Waals surface area contributed by atoms with Crippen molar-refractivity contribution >= 4 is 13.3 Å². The van der Waals surface area contributed by atoms with Gasteiger partial charge < -0.3 is 0 Å². The quantitative estimate of drug-likeness (QED) is 0.527. The van der Waals surface area contributed by atoms with Gasteiger partial charge in [0.1, 0.15) is 0 Å². The van der Waals surface area contributed by atoms with Crippen molar-refractivity contribution in [1.29, 1.82) is 0 Å². The van der Waals surface area contributed by atoms with Crippen molar-refractivity contribution in [3.8, 4) is 11.5 Å². The molecule has 0 amide bonds. The van der Waals surface area contributed by atoms with Crippen LogP contribution in [0.4, 0.5) is 0 Å². The van der Waals surface area contributed by atoms with Gasteiger partial charge in [0.25, 0.3) is 0 Å². The molecule has 0 aliphatic heterocycles. The molecular formula is C17H24Si. The first-order chi connectivity index (χ1) is 8.58. The van der Waals surface area contributed by atoms with E-state index in [4.69, 9.17) is 0 Å². The van der Waals surface area contributed by atoms with Crippen LogP contribution in [0.1, 0.15) is 32.6 Å². The molecule has 0 radical (unpaired) electrons. The van der Waals surface area contributed by atoms with Crippen LogP contribution in [0, 0.1) is 23.3 Å². The number of rotatable bonds is 1. The molecule has 18 heavy (non-hydrogen) atoms. The monoisotopic (exact) mass is 256 g/mol. The first-order valence-electron chi connectivity index (χ1n) is 7.16. The Labute approximate surface area is 113 Å². The fraction of sp³-hybridized carbons (Fsp3) is 0.529. The Morgan fingerprint density at radius 2 is 1.83 bits per heavy atom. The van der Waals surface area contributed by atoms with E-state index in [1.165, 1.54) is 30.9 Å². The number of hydrogen-bond donors (Lipinski definition) is 0. The summed E-state index contributed by atoms with van der Waals surface area (Å²) < 4.78 is 0.